The maximum absolute atomic E-state index is 9.10. The quantitative estimate of drug-likeness (QED) is 0.191. The second-order valence-corrected chi connectivity index (χ2v) is 1.83. The van der Waals surface area contributed by atoms with Crippen molar-refractivity contribution in [2.75, 3.05) is 0 Å². The molecule has 0 unspecified atom stereocenters. The van der Waals surface area contributed by atoms with Gasteiger partial charge in [0.25, 0.3) is 0 Å². The molecule has 0 heterocycles. The predicted molar refractivity (Wildman–Crippen MR) is 45.8 cm³/mol. The van der Waals surface area contributed by atoms with Crippen molar-refractivity contribution < 1.29 is 78.9 Å². The van der Waals surface area contributed by atoms with Crippen molar-refractivity contribution in [1.29, 1.82) is 0 Å². The largest absolute Gasteiger partial charge is 0.473 e. The van der Waals surface area contributed by atoms with Gasteiger partial charge in [0.05, 0.1) is 0 Å². The molecule has 0 bridgehead atoms. The van der Waals surface area contributed by atoms with Gasteiger partial charge in [-0.3, -0.25) is 0 Å². The van der Waals surface area contributed by atoms with Gasteiger partial charge in [-0.05, 0) is 0 Å². The molecule has 6 N–H and O–H groups in total. The van der Waals surface area contributed by atoms with Gasteiger partial charge >= 0.3 is 35.8 Å². The van der Waals surface area contributed by atoms with E-state index < -0.39 is 35.8 Å². The van der Waals surface area contributed by atoms with E-state index in [4.69, 9.17) is 59.4 Å². The number of hydrogen-bond donors (Lipinski definition) is 6. The van der Waals surface area contributed by atoms with Gasteiger partial charge in [0, 0.05) is 19.5 Å². The van der Waals surface area contributed by atoms with Crippen LogP contribution in [0.1, 0.15) is 0 Å². The standard InChI is InChI=1S/3C2H2O4.Ru/c3*3-1(4)2(5)6;/h3*(H,3,4)(H,5,6);. The van der Waals surface area contributed by atoms with Gasteiger partial charge in [0.15, 0.2) is 0 Å². The molecule has 0 rings (SSSR count). The van der Waals surface area contributed by atoms with Crippen LogP contribution < -0.4 is 0 Å². The Morgan fingerprint density at radius 2 is 0.421 bits per heavy atom. The van der Waals surface area contributed by atoms with E-state index in [-0.39, 0.29) is 19.5 Å². The summed E-state index contributed by atoms with van der Waals surface area (Å²) >= 11 is 0. The molecule has 0 atom stereocenters. The molecular weight excluding hydrogens is 365 g/mol. The Morgan fingerprint density at radius 1 is 0.368 bits per heavy atom. The number of carboxylic acids is 6. The third kappa shape index (κ3) is 31.3. The van der Waals surface area contributed by atoms with E-state index in [1.54, 1.807) is 0 Å². The zero-order valence-corrected chi connectivity index (χ0v) is 10.2. The number of aliphatic carboxylic acids is 6. The van der Waals surface area contributed by atoms with Crippen LogP contribution in [0, 0.1) is 0 Å². The number of carboxylic acid groups (broad SMARTS) is 6. The van der Waals surface area contributed by atoms with Crippen molar-refractivity contribution in [2.24, 2.45) is 0 Å². The van der Waals surface area contributed by atoms with Gasteiger partial charge in [-0.2, -0.15) is 0 Å². The third-order valence-electron chi connectivity index (χ3n) is 0.549. The molecule has 12 nitrogen and oxygen atoms in total. The van der Waals surface area contributed by atoms with Crippen LogP contribution in [0.15, 0.2) is 0 Å². The Bertz CT molecular complexity index is 277. The SMILES string of the molecule is O=C(O)C(=O)O.O=C(O)C(=O)O.O=C(O)C(=O)O.[Ru]. The van der Waals surface area contributed by atoms with Crippen LogP contribution in [0.5, 0.6) is 0 Å². The molecular formula is C6H6O12Ru. The molecule has 19 heavy (non-hydrogen) atoms. The van der Waals surface area contributed by atoms with Crippen molar-refractivity contribution in [3.63, 3.8) is 0 Å². The maximum atomic E-state index is 9.10. The molecule has 0 aromatic rings. The minimum absolute atomic E-state index is 0. The van der Waals surface area contributed by atoms with E-state index in [9.17, 15) is 0 Å². The summed E-state index contributed by atoms with van der Waals surface area (Å²) in [4.78, 5) is 54.6. The fraction of sp³-hybridized carbons (Fsp3) is 0. The van der Waals surface area contributed by atoms with Crippen molar-refractivity contribution in [3.05, 3.63) is 0 Å². The van der Waals surface area contributed by atoms with Crippen molar-refractivity contribution in [1.82, 2.24) is 0 Å². The molecule has 0 radical (unpaired) electrons. The zero-order chi connectivity index (χ0) is 15.5. The Balaban J connectivity index is -0.0000000865. The molecule has 13 heteroatoms. The van der Waals surface area contributed by atoms with Crippen molar-refractivity contribution in [3.8, 4) is 0 Å². The van der Waals surface area contributed by atoms with Crippen LogP contribution in [0.2, 0.25) is 0 Å². The van der Waals surface area contributed by atoms with Crippen LogP contribution in [-0.4, -0.2) is 66.5 Å². The predicted octanol–water partition coefficient (Wildman–Crippen LogP) is -2.54. The third-order valence-corrected chi connectivity index (χ3v) is 0.549. The minimum Gasteiger partial charge on any atom is -0.473 e. The van der Waals surface area contributed by atoms with Gasteiger partial charge < -0.3 is 30.6 Å². The smallest absolute Gasteiger partial charge is 0.414 e. The summed E-state index contributed by atoms with van der Waals surface area (Å²) < 4.78 is 0. The molecule has 0 aromatic heterocycles. The van der Waals surface area contributed by atoms with E-state index in [0.717, 1.165) is 0 Å². The van der Waals surface area contributed by atoms with Crippen LogP contribution in [-0.2, 0) is 48.2 Å². The van der Waals surface area contributed by atoms with E-state index in [1.165, 1.54) is 0 Å². The van der Waals surface area contributed by atoms with E-state index >= 15 is 0 Å². The summed E-state index contributed by atoms with van der Waals surface area (Å²) in [5.74, 6) is -10.9. The van der Waals surface area contributed by atoms with Crippen molar-refractivity contribution in [2.45, 2.75) is 0 Å². The molecule has 0 amide bonds. The molecule has 0 aliphatic heterocycles. The average Bonchev–Trinajstić information content (AvgIpc) is 2.18. The van der Waals surface area contributed by atoms with Crippen molar-refractivity contribution >= 4 is 35.8 Å². The Morgan fingerprint density at radius 3 is 0.421 bits per heavy atom. The number of rotatable bonds is 0. The molecule has 0 aliphatic carbocycles. The van der Waals surface area contributed by atoms with Crippen LogP contribution in [0.4, 0.5) is 0 Å². The van der Waals surface area contributed by atoms with Gasteiger partial charge in [0.1, 0.15) is 0 Å². The maximum Gasteiger partial charge on any atom is 0.414 e. The Hall–Kier alpha value is -2.56. The molecule has 0 saturated heterocycles. The summed E-state index contributed by atoms with van der Waals surface area (Å²) in [7, 11) is 0. The fourth-order valence-corrected chi connectivity index (χ4v) is 0. The van der Waals surface area contributed by atoms with Gasteiger partial charge in [0.2, 0.25) is 0 Å². The first-order valence-electron chi connectivity index (χ1n) is 3.32. The minimum atomic E-state index is -1.82. The number of hydrogen-bond acceptors (Lipinski definition) is 6. The Kier molecular flexibility index (Phi) is 18.0. The zero-order valence-electron chi connectivity index (χ0n) is 8.49. The second kappa shape index (κ2) is 13.5. The van der Waals surface area contributed by atoms with Gasteiger partial charge in [-0.15, -0.1) is 0 Å². The summed E-state index contributed by atoms with van der Waals surface area (Å²) in [6.07, 6.45) is 0. The number of carbonyl (C=O) groups is 6. The van der Waals surface area contributed by atoms with Gasteiger partial charge in [-0.25, -0.2) is 28.8 Å². The molecule has 0 saturated carbocycles. The first-order valence-corrected chi connectivity index (χ1v) is 3.32. The first-order chi connectivity index (χ1) is 7.93. The molecule has 0 spiro atoms. The first kappa shape index (κ1) is 25.3. The van der Waals surface area contributed by atoms with Gasteiger partial charge in [-0.1, -0.05) is 0 Å². The molecule has 110 valence electrons. The van der Waals surface area contributed by atoms with Crippen LogP contribution >= 0.6 is 0 Å². The summed E-state index contributed by atoms with van der Waals surface area (Å²) in [6, 6.07) is 0. The van der Waals surface area contributed by atoms with Crippen LogP contribution in [0.3, 0.4) is 0 Å². The van der Waals surface area contributed by atoms with E-state index in [0.29, 0.717) is 0 Å². The van der Waals surface area contributed by atoms with Crippen LogP contribution in [0.25, 0.3) is 0 Å². The fourth-order valence-electron chi connectivity index (χ4n) is 0. The average molecular weight is 371 g/mol. The van der Waals surface area contributed by atoms with E-state index in [2.05, 4.69) is 0 Å². The topological polar surface area (TPSA) is 224 Å². The monoisotopic (exact) mass is 372 g/mol. The second-order valence-electron chi connectivity index (χ2n) is 1.83. The van der Waals surface area contributed by atoms with E-state index in [1.807, 2.05) is 0 Å². The molecule has 0 aliphatic rings. The molecule has 0 fully saturated rings. The summed E-state index contributed by atoms with van der Waals surface area (Å²) in [5.41, 5.74) is 0. The molecule has 0 aromatic carbocycles. The summed E-state index contributed by atoms with van der Waals surface area (Å²) in [5, 5.41) is 44.3. The Labute approximate surface area is 115 Å². The summed E-state index contributed by atoms with van der Waals surface area (Å²) in [6.45, 7) is 0. The normalized spacial score (nSPS) is 6.95.